The van der Waals surface area contributed by atoms with E-state index in [9.17, 15) is 14.9 Å². The smallest absolute Gasteiger partial charge is 0.249 e. The Labute approximate surface area is 403 Å². The summed E-state index contributed by atoms with van der Waals surface area (Å²) in [5, 5.41) is 24.6. The summed E-state index contributed by atoms with van der Waals surface area (Å²) in [6, 6.07) is 13.0. The maximum absolute atomic E-state index is 15.4. The highest BCUT2D eigenvalue weighted by Gasteiger charge is 2.39. The predicted octanol–water partition coefficient (Wildman–Crippen LogP) is 5.21. The molecule has 3 atom stereocenters. The molecule has 18 nitrogen and oxygen atoms in total. The number of pyridine rings is 2. The number of carbonyl (C=O) groups excluding carboxylic acids is 2. The van der Waals surface area contributed by atoms with Gasteiger partial charge in [-0.3, -0.25) is 29.4 Å². The van der Waals surface area contributed by atoms with E-state index >= 15 is 8.78 Å². The first-order valence-electron chi connectivity index (χ1n) is 24.2. The number of nitrogens with zero attached hydrogens (tertiary/aromatic N) is 12. The monoisotopic (exact) mass is 952 g/mol. The zero-order chi connectivity index (χ0) is 47.9. The summed E-state index contributed by atoms with van der Waals surface area (Å²) in [5.74, 6) is -0.725. The maximum Gasteiger partial charge on any atom is 0.249 e. The molecule has 5 fully saturated rings. The van der Waals surface area contributed by atoms with Crippen molar-refractivity contribution in [2.24, 2.45) is 0 Å². The maximum atomic E-state index is 15.4. The number of amides is 2. The second-order valence-electron chi connectivity index (χ2n) is 18.8. The van der Waals surface area contributed by atoms with Gasteiger partial charge in [-0.1, -0.05) is 6.07 Å². The Bertz CT molecular complexity index is 2890. The van der Waals surface area contributed by atoms with E-state index in [2.05, 4.69) is 47.6 Å². The van der Waals surface area contributed by atoms with Crippen LogP contribution in [-0.4, -0.2) is 139 Å². The SMILES string of the molecule is CCOc1ccc(CN2[C@@H]3COC[C@H]2CN(c2ccc(-c4nc(-c5cnn([C@H]6CC[C@H](N7CCN(c8c(F)cc(NC9CCC(=O)NC9=O)cc8F)CC7)CC6)c5)cn5ncc(C#N)c45)cn2)C3)cn1. The number of rotatable bonds is 12. The lowest BCUT2D eigenvalue weighted by atomic mass is 9.90. The number of piperazine rings is 2. The quantitative estimate of drug-likeness (QED) is 0.152. The van der Waals surface area contributed by atoms with E-state index in [0.29, 0.717) is 80.4 Å². The first kappa shape index (κ1) is 45.4. The number of aromatic nitrogens is 7. The number of nitriles is 1. The van der Waals surface area contributed by atoms with E-state index in [1.54, 1.807) is 15.6 Å². The van der Waals surface area contributed by atoms with Crippen molar-refractivity contribution in [2.75, 3.05) is 74.2 Å². The molecule has 1 aromatic carbocycles. The van der Waals surface area contributed by atoms with Crippen LogP contribution in [0.25, 0.3) is 28.0 Å². The van der Waals surface area contributed by atoms with Crippen LogP contribution in [0.4, 0.5) is 26.0 Å². The van der Waals surface area contributed by atoms with Gasteiger partial charge >= 0.3 is 0 Å². The van der Waals surface area contributed by atoms with Gasteiger partial charge in [0, 0.05) is 99.7 Å². The molecule has 2 N–H and O–H groups in total. The van der Waals surface area contributed by atoms with Gasteiger partial charge in [0.25, 0.3) is 0 Å². The van der Waals surface area contributed by atoms with Crippen LogP contribution < -0.4 is 25.2 Å². The highest BCUT2D eigenvalue weighted by molar-refractivity contribution is 6.01. The van der Waals surface area contributed by atoms with Crippen molar-refractivity contribution in [1.82, 2.24) is 49.5 Å². The van der Waals surface area contributed by atoms with E-state index < -0.39 is 23.6 Å². The zero-order valence-electron chi connectivity index (χ0n) is 38.9. The minimum atomic E-state index is -0.733. The molecule has 362 valence electrons. The molecule has 4 saturated heterocycles. The molecule has 1 unspecified atom stereocenters. The number of halogens is 2. The second-order valence-corrected chi connectivity index (χ2v) is 18.8. The molecule has 2 amide bonds. The van der Waals surface area contributed by atoms with Crippen molar-refractivity contribution >= 4 is 34.5 Å². The molecule has 1 saturated carbocycles. The lowest BCUT2D eigenvalue weighted by Gasteiger charge is -2.50. The van der Waals surface area contributed by atoms with Crippen molar-refractivity contribution in [3.05, 3.63) is 96.3 Å². The third-order valence-electron chi connectivity index (χ3n) is 14.5. The van der Waals surface area contributed by atoms with Gasteiger partial charge in [0.05, 0.1) is 67.9 Å². The van der Waals surface area contributed by atoms with E-state index in [-0.39, 0.29) is 48.2 Å². The molecule has 1 aliphatic carbocycles. The number of anilines is 3. The Kier molecular flexibility index (Phi) is 12.6. The van der Waals surface area contributed by atoms with Gasteiger partial charge in [-0.25, -0.2) is 28.2 Å². The zero-order valence-corrected chi connectivity index (χ0v) is 38.9. The fraction of sp³-hybridized carbons (Fsp3) is 0.440. The fourth-order valence-electron chi connectivity index (χ4n) is 10.9. The Morgan fingerprint density at radius 1 is 0.843 bits per heavy atom. The van der Waals surface area contributed by atoms with E-state index in [0.717, 1.165) is 67.8 Å². The number of ether oxygens (including phenoxy) is 2. The van der Waals surface area contributed by atoms with E-state index in [1.165, 1.54) is 12.1 Å². The molecule has 5 aliphatic rings. The van der Waals surface area contributed by atoms with Crippen molar-refractivity contribution in [2.45, 2.75) is 82.2 Å². The van der Waals surface area contributed by atoms with Crippen molar-refractivity contribution in [1.29, 1.82) is 5.26 Å². The first-order chi connectivity index (χ1) is 34.2. The summed E-state index contributed by atoms with van der Waals surface area (Å²) < 4.78 is 46.1. The number of fused-ring (bicyclic) bond motifs is 3. The fourth-order valence-corrected chi connectivity index (χ4v) is 10.9. The van der Waals surface area contributed by atoms with Crippen LogP contribution in [0.2, 0.25) is 0 Å². The molecule has 2 bridgehead atoms. The lowest BCUT2D eigenvalue weighted by Crippen LogP contribution is -2.64. The first-order valence-corrected chi connectivity index (χ1v) is 24.2. The standard InChI is InChI=1S/C50H54F2N14O4/c1-2-70-46-12-3-31(20-55-46)24-64-38-26-63(27-39(64)30-69-29-38)44-10-4-32(21-54-44)47-48-33(19-53)22-57-66(48)28-43(59-47)34-23-56-65(25-34)37-7-5-36(6-8-37)61-13-15-62(16-14-61)49-40(51)17-35(18-41(49)52)58-42-9-11-45(67)60-50(42)68/h3-4,10,12,17-18,20-23,25,28,36-39,42,58H,2,5-9,11,13-16,24,26-27,29-30H2,1H3,(H,60,67,68)/t36-,37-,38-,39+,42?. The molecule has 20 heteroatoms. The van der Waals surface area contributed by atoms with Crippen LogP contribution in [0.15, 0.2) is 73.6 Å². The number of morpholine rings is 1. The Morgan fingerprint density at radius 3 is 2.30 bits per heavy atom. The van der Waals surface area contributed by atoms with Crippen LogP contribution >= 0.6 is 0 Å². The summed E-state index contributed by atoms with van der Waals surface area (Å²) in [6.45, 7) is 8.48. The molecular weight excluding hydrogens is 899 g/mol. The molecule has 6 aromatic rings. The topological polar surface area (TPSA) is 187 Å². The Balaban J connectivity index is 0.720. The number of hydrogen-bond donors (Lipinski definition) is 2. The number of benzene rings is 1. The normalized spacial score (nSPS) is 23.3. The van der Waals surface area contributed by atoms with Crippen LogP contribution in [0.1, 0.15) is 62.6 Å². The van der Waals surface area contributed by atoms with E-state index in [1.807, 2.05) is 60.8 Å². The van der Waals surface area contributed by atoms with Crippen molar-refractivity contribution in [3.63, 3.8) is 0 Å². The predicted molar refractivity (Wildman–Crippen MR) is 255 cm³/mol. The molecular formula is C50H54F2N14O4. The van der Waals surface area contributed by atoms with Crippen LogP contribution in [0.5, 0.6) is 5.88 Å². The van der Waals surface area contributed by atoms with Gasteiger partial charge in [-0.15, -0.1) is 0 Å². The van der Waals surface area contributed by atoms with Crippen molar-refractivity contribution in [3.8, 4) is 34.5 Å². The minimum Gasteiger partial charge on any atom is -0.478 e. The van der Waals surface area contributed by atoms with Gasteiger partial charge < -0.3 is 24.6 Å². The number of hydrogen-bond acceptors (Lipinski definition) is 15. The number of carbonyl (C=O) groups is 2. The highest BCUT2D eigenvalue weighted by atomic mass is 19.1. The van der Waals surface area contributed by atoms with Crippen molar-refractivity contribution < 1.29 is 27.8 Å². The molecule has 11 rings (SSSR count). The largest absolute Gasteiger partial charge is 0.478 e. The van der Waals surface area contributed by atoms with Gasteiger partial charge in [0.2, 0.25) is 17.7 Å². The van der Waals surface area contributed by atoms with Gasteiger partial charge in [0.15, 0.2) is 11.6 Å². The Hall–Kier alpha value is -7.08. The number of nitrogens with one attached hydrogen (secondary N) is 2. The summed E-state index contributed by atoms with van der Waals surface area (Å²) in [6.07, 6.45) is 15.2. The minimum absolute atomic E-state index is 0.0610. The molecule has 70 heavy (non-hydrogen) atoms. The number of piperidine rings is 1. The van der Waals surface area contributed by atoms with Gasteiger partial charge in [0.1, 0.15) is 34.7 Å². The average molecular weight is 953 g/mol. The Morgan fingerprint density at radius 2 is 1.61 bits per heavy atom. The molecule has 0 spiro atoms. The third kappa shape index (κ3) is 9.11. The van der Waals surface area contributed by atoms with Gasteiger partial charge in [-0.2, -0.15) is 15.5 Å². The molecule has 0 radical (unpaired) electrons. The van der Waals surface area contributed by atoms with Gasteiger partial charge in [-0.05, 0) is 68.9 Å². The highest BCUT2D eigenvalue weighted by Crippen LogP contribution is 2.36. The molecule has 4 aliphatic heterocycles. The second kappa shape index (κ2) is 19.4. The molecule has 5 aromatic heterocycles. The summed E-state index contributed by atoms with van der Waals surface area (Å²) in [4.78, 5) is 47.3. The summed E-state index contributed by atoms with van der Waals surface area (Å²) >= 11 is 0. The summed E-state index contributed by atoms with van der Waals surface area (Å²) in [7, 11) is 0. The third-order valence-corrected chi connectivity index (χ3v) is 14.5. The lowest BCUT2D eigenvalue weighted by molar-refractivity contribution is -0.133. The van der Waals surface area contributed by atoms with Crippen LogP contribution in [0, 0.1) is 23.0 Å². The summed E-state index contributed by atoms with van der Waals surface area (Å²) in [5.41, 5.74) is 5.18. The van der Waals surface area contributed by atoms with Crippen LogP contribution in [0.3, 0.4) is 0 Å². The molecule has 9 heterocycles. The average Bonchev–Trinajstić information content (AvgIpc) is 4.04. The van der Waals surface area contributed by atoms with E-state index in [4.69, 9.17) is 24.5 Å². The number of imide groups is 1. The van der Waals surface area contributed by atoms with Crippen LogP contribution in [-0.2, 0) is 20.9 Å².